The van der Waals surface area contributed by atoms with Crippen LogP contribution in [0.1, 0.15) is 32.6 Å². The molecular weight excluding hydrogens is 340 g/mol. The maximum Gasteiger partial charge on any atom is 0.352 e. The first kappa shape index (κ1) is 18.0. The monoisotopic (exact) mass is 352 g/mol. The van der Waals surface area contributed by atoms with E-state index in [0.29, 0.717) is 6.42 Å². The molecule has 2 rings (SSSR count). The Hall–Kier alpha value is -1.35. The molecular formula is C13H12F8O2. The Kier molecular flexibility index (Phi) is 3.60. The van der Waals surface area contributed by atoms with Crippen molar-refractivity contribution in [1.82, 2.24) is 0 Å². The summed E-state index contributed by atoms with van der Waals surface area (Å²) in [5, 5.41) is 8.58. The van der Waals surface area contributed by atoms with E-state index < -0.39 is 59.1 Å². The molecule has 23 heavy (non-hydrogen) atoms. The molecule has 4 unspecified atom stereocenters. The molecule has 0 aliphatic heterocycles. The molecule has 1 N–H and O–H groups in total. The van der Waals surface area contributed by atoms with E-state index in [9.17, 15) is 39.9 Å². The van der Waals surface area contributed by atoms with Crippen LogP contribution in [0.15, 0.2) is 11.7 Å². The quantitative estimate of drug-likeness (QED) is 0.592. The lowest BCUT2D eigenvalue weighted by atomic mass is 9.79. The summed E-state index contributed by atoms with van der Waals surface area (Å²) >= 11 is 0. The Morgan fingerprint density at radius 1 is 0.957 bits per heavy atom. The Morgan fingerprint density at radius 3 is 1.87 bits per heavy atom. The molecule has 2 nitrogen and oxygen atoms in total. The van der Waals surface area contributed by atoms with Crippen LogP contribution in [0, 0.1) is 0 Å². The summed E-state index contributed by atoms with van der Waals surface area (Å²) in [5.41, 5.74) is -21.0. The van der Waals surface area contributed by atoms with Crippen molar-refractivity contribution in [2.45, 2.75) is 61.2 Å². The molecule has 2 aliphatic rings. The van der Waals surface area contributed by atoms with Crippen LogP contribution >= 0.6 is 0 Å². The predicted molar refractivity (Wildman–Crippen MR) is 61.3 cm³/mol. The summed E-state index contributed by atoms with van der Waals surface area (Å²) < 4.78 is 114. The Labute approximate surface area is 125 Å². The van der Waals surface area contributed by atoms with Gasteiger partial charge in [-0.3, -0.25) is 0 Å². The molecule has 0 heterocycles. The smallest absolute Gasteiger partial charge is 0.352 e. The minimum Gasteiger partial charge on any atom is -0.479 e. The van der Waals surface area contributed by atoms with Crippen LogP contribution in [-0.2, 0) is 4.79 Å². The van der Waals surface area contributed by atoms with Crippen LogP contribution in [0.25, 0.3) is 0 Å². The SMILES string of the molecule is CCCCCC1(F)C2(F)C(F)=C(F)C1(F)C(F)(C(=O)O)C2(F)F. The summed E-state index contributed by atoms with van der Waals surface area (Å²) in [4.78, 5) is 10.8. The van der Waals surface area contributed by atoms with E-state index in [1.807, 2.05) is 0 Å². The van der Waals surface area contributed by atoms with Crippen molar-refractivity contribution >= 4 is 5.97 Å². The fraction of sp³-hybridized carbons (Fsp3) is 0.769. The number of aliphatic carboxylic acids is 1. The lowest BCUT2D eigenvalue weighted by molar-refractivity contribution is -0.221. The molecule has 0 aromatic heterocycles. The minimum absolute atomic E-state index is 0.0407. The first-order valence-electron chi connectivity index (χ1n) is 6.75. The minimum atomic E-state index is -5.98. The number of alkyl halides is 6. The average Bonchev–Trinajstić information content (AvgIpc) is 2.63. The average molecular weight is 352 g/mol. The van der Waals surface area contributed by atoms with Crippen LogP contribution in [0.2, 0.25) is 0 Å². The predicted octanol–water partition coefficient (Wildman–Crippen LogP) is 4.30. The molecule has 0 radical (unpaired) electrons. The second-order valence-electron chi connectivity index (χ2n) is 5.74. The van der Waals surface area contributed by atoms with Crippen LogP contribution in [-0.4, -0.2) is 39.7 Å². The number of carbonyl (C=O) groups is 1. The molecule has 10 heteroatoms. The van der Waals surface area contributed by atoms with E-state index in [2.05, 4.69) is 0 Å². The van der Waals surface area contributed by atoms with E-state index in [1.54, 1.807) is 6.92 Å². The third-order valence-corrected chi connectivity index (χ3v) is 4.65. The van der Waals surface area contributed by atoms with E-state index in [0.717, 1.165) is 0 Å². The van der Waals surface area contributed by atoms with Crippen molar-refractivity contribution in [3.8, 4) is 0 Å². The van der Waals surface area contributed by atoms with Gasteiger partial charge in [0.05, 0.1) is 0 Å². The summed E-state index contributed by atoms with van der Waals surface area (Å²) in [5.74, 6) is -15.6. The van der Waals surface area contributed by atoms with Gasteiger partial charge in [-0.1, -0.05) is 19.8 Å². The van der Waals surface area contributed by atoms with Gasteiger partial charge < -0.3 is 5.11 Å². The van der Waals surface area contributed by atoms with Crippen molar-refractivity contribution in [3.05, 3.63) is 11.7 Å². The van der Waals surface area contributed by atoms with Crippen LogP contribution in [0.3, 0.4) is 0 Å². The molecule has 132 valence electrons. The highest BCUT2D eigenvalue weighted by Crippen LogP contribution is 2.77. The van der Waals surface area contributed by atoms with Gasteiger partial charge in [0, 0.05) is 0 Å². The molecule has 0 aromatic rings. The topological polar surface area (TPSA) is 37.3 Å². The first-order chi connectivity index (χ1) is 10.3. The largest absolute Gasteiger partial charge is 0.479 e. The summed E-state index contributed by atoms with van der Waals surface area (Å²) in [6.45, 7) is 1.55. The van der Waals surface area contributed by atoms with E-state index in [1.165, 1.54) is 0 Å². The highest BCUT2D eigenvalue weighted by Gasteiger charge is 3.04. The van der Waals surface area contributed by atoms with Crippen molar-refractivity contribution in [3.63, 3.8) is 0 Å². The zero-order chi connectivity index (χ0) is 18.1. The Morgan fingerprint density at radius 2 is 1.43 bits per heavy atom. The zero-order valence-electron chi connectivity index (χ0n) is 11.7. The summed E-state index contributed by atoms with van der Waals surface area (Å²) in [7, 11) is 0. The number of carboxylic acids is 1. The molecule has 0 saturated heterocycles. The zero-order valence-corrected chi connectivity index (χ0v) is 11.7. The number of halogens is 8. The molecule has 0 spiro atoms. The molecule has 0 aromatic carbocycles. The highest BCUT2D eigenvalue weighted by atomic mass is 19.3. The molecule has 1 fully saturated rings. The first-order valence-corrected chi connectivity index (χ1v) is 6.75. The number of carboxylic acid groups (broad SMARTS) is 1. The number of allylic oxidation sites excluding steroid dienone is 2. The van der Waals surface area contributed by atoms with Gasteiger partial charge in [-0.05, 0) is 12.8 Å². The fourth-order valence-corrected chi connectivity index (χ4v) is 3.40. The van der Waals surface area contributed by atoms with Crippen molar-refractivity contribution in [2.24, 2.45) is 0 Å². The second-order valence-corrected chi connectivity index (χ2v) is 5.74. The standard InChI is InChI=1S/C13H12F8O2/c1-2-3-4-5-9(16)10(17)6(14)7(15)11(9,18)13(20,21)12(10,19)8(22)23/h2-5H2,1H3,(H,22,23). The molecule has 0 amide bonds. The number of rotatable bonds is 5. The van der Waals surface area contributed by atoms with E-state index >= 15 is 0 Å². The van der Waals surface area contributed by atoms with Gasteiger partial charge in [0.15, 0.2) is 11.7 Å². The van der Waals surface area contributed by atoms with Crippen molar-refractivity contribution in [2.75, 3.05) is 0 Å². The van der Waals surface area contributed by atoms with Gasteiger partial charge in [-0.25, -0.2) is 31.1 Å². The molecule has 4 atom stereocenters. The van der Waals surface area contributed by atoms with Gasteiger partial charge in [-0.15, -0.1) is 0 Å². The van der Waals surface area contributed by atoms with Crippen LogP contribution in [0.4, 0.5) is 35.1 Å². The second kappa shape index (κ2) is 4.60. The van der Waals surface area contributed by atoms with Gasteiger partial charge in [0.2, 0.25) is 5.67 Å². The van der Waals surface area contributed by atoms with E-state index in [-0.39, 0.29) is 6.42 Å². The summed E-state index contributed by atoms with van der Waals surface area (Å²) in [6, 6.07) is 0. The third-order valence-electron chi connectivity index (χ3n) is 4.65. The molecule has 1 saturated carbocycles. The summed E-state index contributed by atoms with van der Waals surface area (Å²) in [6.07, 6.45) is -1.65. The molecule has 2 bridgehead atoms. The van der Waals surface area contributed by atoms with Crippen LogP contribution < -0.4 is 0 Å². The maximum absolute atomic E-state index is 14.9. The Bertz CT molecular complexity index is 593. The third kappa shape index (κ3) is 1.40. The lowest BCUT2D eigenvalue weighted by Crippen LogP contribution is -2.64. The van der Waals surface area contributed by atoms with E-state index in [4.69, 9.17) is 5.11 Å². The van der Waals surface area contributed by atoms with Gasteiger partial charge in [-0.2, -0.15) is 8.78 Å². The van der Waals surface area contributed by atoms with Gasteiger partial charge in [0.25, 0.3) is 11.3 Å². The van der Waals surface area contributed by atoms with Gasteiger partial charge >= 0.3 is 17.6 Å². The van der Waals surface area contributed by atoms with Crippen molar-refractivity contribution < 1.29 is 45.0 Å². The van der Waals surface area contributed by atoms with Crippen LogP contribution in [0.5, 0.6) is 0 Å². The number of hydrogen-bond donors (Lipinski definition) is 1. The highest BCUT2D eigenvalue weighted by molar-refractivity contribution is 5.86. The number of hydrogen-bond acceptors (Lipinski definition) is 1. The number of fused-ring (bicyclic) bond motifs is 2. The fourth-order valence-electron chi connectivity index (χ4n) is 3.40. The van der Waals surface area contributed by atoms with Gasteiger partial charge in [0.1, 0.15) is 0 Å². The lowest BCUT2D eigenvalue weighted by Gasteiger charge is -2.35. The maximum atomic E-state index is 14.9. The number of unbranched alkanes of at least 4 members (excludes halogenated alkanes) is 2. The normalized spacial score (nSPS) is 44.9. The molecule has 2 aliphatic carbocycles. The Balaban J connectivity index is 2.77. The van der Waals surface area contributed by atoms with Crippen molar-refractivity contribution in [1.29, 1.82) is 0 Å².